The Morgan fingerprint density at radius 3 is 2.25 bits per heavy atom. The number of nitrogens with zero attached hydrogens (tertiary/aromatic N) is 2. The number of ether oxygens (including phenoxy) is 1. The first kappa shape index (κ1) is 23.6. The highest BCUT2D eigenvalue weighted by Crippen LogP contribution is 2.24. The Morgan fingerprint density at radius 2 is 1.66 bits per heavy atom. The number of carboxylic acid groups (broad SMARTS) is 1. The van der Waals surface area contributed by atoms with Gasteiger partial charge in [0.1, 0.15) is 5.75 Å². The topological polar surface area (TPSA) is 104 Å². The highest BCUT2D eigenvalue weighted by molar-refractivity contribution is 7.89. The molecular formula is C21H22F2N2O6S. The second kappa shape index (κ2) is 8.83. The van der Waals surface area contributed by atoms with Gasteiger partial charge in [-0.1, -0.05) is 6.07 Å². The van der Waals surface area contributed by atoms with Gasteiger partial charge in [0, 0.05) is 32.2 Å². The Hall–Kier alpha value is -3.05. The van der Waals surface area contributed by atoms with Crippen LogP contribution in [0, 0.1) is 11.6 Å². The molecule has 172 valence electrons. The van der Waals surface area contributed by atoms with E-state index in [2.05, 4.69) is 0 Å². The van der Waals surface area contributed by atoms with E-state index >= 15 is 0 Å². The van der Waals surface area contributed by atoms with Crippen LogP contribution in [0.25, 0.3) is 0 Å². The van der Waals surface area contributed by atoms with Crippen molar-refractivity contribution in [3.8, 4) is 5.75 Å². The lowest BCUT2D eigenvalue weighted by Gasteiger charge is -2.38. The molecule has 8 nitrogen and oxygen atoms in total. The molecule has 3 rings (SSSR count). The SMILES string of the molecule is CC(C)(Oc1ccc(F)c(F)c1)C(=O)N1CCN(S(=O)(=O)c2cccc(C(=O)O)c2)CC1. The number of carbonyl (C=O) groups excluding carboxylic acids is 1. The molecule has 11 heteroatoms. The lowest BCUT2D eigenvalue weighted by Crippen LogP contribution is -2.56. The Bertz CT molecular complexity index is 1140. The molecule has 1 amide bonds. The van der Waals surface area contributed by atoms with E-state index in [0.717, 1.165) is 18.2 Å². The molecule has 32 heavy (non-hydrogen) atoms. The lowest BCUT2D eigenvalue weighted by atomic mass is 10.1. The average molecular weight is 468 g/mol. The number of piperazine rings is 1. The van der Waals surface area contributed by atoms with Crippen LogP contribution < -0.4 is 4.74 Å². The van der Waals surface area contributed by atoms with Crippen molar-refractivity contribution in [3.05, 3.63) is 59.7 Å². The molecule has 0 radical (unpaired) electrons. The van der Waals surface area contributed by atoms with E-state index in [9.17, 15) is 26.8 Å². The standard InChI is InChI=1S/C21H22F2N2O6S/c1-21(2,31-15-6-7-17(22)18(23)13-15)20(28)24-8-10-25(11-9-24)32(29,30)16-5-3-4-14(12-16)19(26)27/h3-7,12-13H,8-11H2,1-2H3,(H,26,27). The molecule has 0 aromatic heterocycles. The summed E-state index contributed by atoms with van der Waals surface area (Å²) in [4.78, 5) is 25.3. The Kier molecular flexibility index (Phi) is 6.51. The van der Waals surface area contributed by atoms with Crippen LogP contribution in [-0.4, -0.2) is 66.4 Å². The van der Waals surface area contributed by atoms with Crippen LogP contribution in [0.15, 0.2) is 47.4 Å². The number of carboxylic acids is 1. The smallest absolute Gasteiger partial charge is 0.335 e. The number of amides is 1. The van der Waals surface area contributed by atoms with E-state index in [4.69, 9.17) is 9.84 Å². The fourth-order valence-electron chi connectivity index (χ4n) is 3.33. The fraction of sp³-hybridized carbons (Fsp3) is 0.333. The molecule has 1 N–H and O–H groups in total. The molecule has 0 atom stereocenters. The monoisotopic (exact) mass is 468 g/mol. The number of sulfonamides is 1. The minimum absolute atomic E-state index is 0.00658. The number of hydrogen-bond donors (Lipinski definition) is 1. The normalized spacial score (nSPS) is 15.4. The summed E-state index contributed by atoms with van der Waals surface area (Å²) in [5, 5.41) is 9.09. The summed E-state index contributed by atoms with van der Waals surface area (Å²) in [6, 6.07) is 8.02. The quantitative estimate of drug-likeness (QED) is 0.698. The number of rotatable bonds is 6. The molecular weight excluding hydrogens is 446 g/mol. The highest BCUT2D eigenvalue weighted by Gasteiger charge is 2.38. The molecule has 1 fully saturated rings. The van der Waals surface area contributed by atoms with Gasteiger partial charge in [0.15, 0.2) is 17.2 Å². The van der Waals surface area contributed by atoms with E-state index in [-0.39, 0.29) is 42.4 Å². The second-order valence-corrected chi connectivity index (χ2v) is 9.66. The van der Waals surface area contributed by atoms with E-state index in [1.54, 1.807) is 0 Å². The van der Waals surface area contributed by atoms with E-state index < -0.39 is 39.1 Å². The van der Waals surface area contributed by atoms with Crippen LogP contribution in [0.2, 0.25) is 0 Å². The van der Waals surface area contributed by atoms with E-state index in [1.165, 1.54) is 47.3 Å². The van der Waals surface area contributed by atoms with Crippen LogP contribution in [-0.2, 0) is 14.8 Å². The van der Waals surface area contributed by atoms with Crippen LogP contribution >= 0.6 is 0 Å². The fourth-order valence-corrected chi connectivity index (χ4v) is 4.80. The zero-order chi connectivity index (χ0) is 23.7. The van der Waals surface area contributed by atoms with E-state index in [1.807, 2.05) is 0 Å². The maximum atomic E-state index is 13.4. The third-order valence-electron chi connectivity index (χ3n) is 5.02. The molecule has 0 aliphatic carbocycles. The third kappa shape index (κ3) is 4.89. The predicted molar refractivity (Wildman–Crippen MR) is 110 cm³/mol. The minimum atomic E-state index is -3.94. The zero-order valence-electron chi connectivity index (χ0n) is 17.4. The summed E-state index contributed by atoms with van der Waals surface area (Å²) in [6.45, 7) is 3.15. The lowest BCUT2D eigenvalue weighted by molar-refractivity contribution is -0.146. The molecule has 2 aromatic rings. The number of hydrogen-bond acceptors (Lipinski definition) is 5. The first-order valence-corrected chi connectivity index (χ1v) is 11.1. The maximum Gasteiger partial charge on any atom is 0.335 e. The number of carbonyl (C=O) groups is 2. The zero-order valence-corrected chi connectivity index (χ0v) is 18.2. The van der Waals surface area contributed by atoms with Gasteiger partial charge in [0.05, 0.1) is 10.5 Å². The Morgan fingerprint density at radius 1 is 1.00 bits per heavy atom. The van der Waals surface area contributed by atoms with Gasteiger partial charge in [-0.2, -0.15) is 4.31 Å². The molecule has 1 saturated heterocycles. The maximum absolute atomic E-state index is 13.4. The predicted octanol–water partition coefficient (Wildman–Crippen LogP) is 2.35. The van der Waals surface area contributed by atoms with Crippen molar-refractivity contribution in [1.29, 1.82) is 0 Å². The first-order valence-electron chi connectivity index (χ1n) is 9.69. The molecule has 0 spiro atoms. The summed E-state index contributed by atoms with van der Waals surface area (Å²) in [5.41, 5.74) is -1.54. The number of halogens is 2. The van der Waals surface area contributed by atoms with Crippen LogP contribution in [0.4, 0.5) is 8.78 Å². The van der Waals surface area contributed by atoms with Crippen molar-refractivity contribution in [3.63, 3.8) is 0 Å². The summed E-state index contributed by atoms with van der Waals surface area (Å²) in [5.74, 6) is -3.82. The van der Waals surface area contributed by atoms with Crippen molar-refractivity contribution in [1.82, 2.24) is 9.21 Å². The summed E-state index contributed by atoms with van der Waals surface area (Å²) >= 11 is 0. The van der Waals surface area contributed by atoms with Gasteiger partial charge >= 0.3 is 5.97 Å². The van der Waals surface area contributed by atoms with Crippen molar-refractivity contribution < 1.29 is 36.6 Å². The Labute approximate surface area is 184 Å². The van der Waals surface area contributed by atoms with Crippen LogP contribution in [0.5, 0.6) is 5.75 Å². The first-order chi connectivity index (χ1) is 14.9. The minimum Gasteiger partial charge on any atom is -0.478 e. The molecule has 1 heterocycles. The van der Waals surface area contributed by atoms with Gasteiger partial charge in [-0.3, -0.25) is 4.79 Å². The molecule has 1 aliphatic heterocycles. The van der Waals surface area contributed by atoms with Gasteiger partial charge in [-0.05, 0) is 44.2 Å². The van der Waals surface area contributed by atoms with Gasteiger partial charge in [0.2, 0.25) is 10.0 Å². The molecule has 2 aromatic carbocycles. The van der Waals surface area contributed by atoms with Gasteiger partial charge in [-0.15, -0.1) is 0 Å². The Balaban J connectivity index is 1.67. The van der Waals surface area contributed by atoms with Crippen molar-refractivity contribution in [2.24, 2.45) is 0 Å². The molecule has 0 unspecified atom stereocenters. The van der Waals surface area contributed by atoms with Crippen molar-refractivity contribution >= 4 is 21.9 Å². The summed E-state index contributed by atoms with van der Waals surface area (Å²) < 4.78 is 59.0. The largest absolute Gasteiger partial charge is 0.478 e. The molecule has 0 bridgehead atoms. The third-order valence-corrected chi connectivity index (χ3v) is 6.92. The van der Waals surface area contributed by atoms with Crippen molar-refractivity contribution in [2.45, 2.75) is 24.3 Å². The van der Waals surface area contributed by atoms with Crippen molar-refractivity contribution in [2.75, 3.05) is 26.2 Å². The van der Waals surface area contributed by atoms with Gasteiger partial charge < -0.3 is 14.7 Å². The molecule has 1 aliphatic rings. The van der Waals surface area contributed by atoms with Crippen LogP contribution in [0.1, 0.15) is 24.2 Å². The number of aromatic carboxylic acids is 1. The molecule has 0 saturated carbocycles. The average Bonchev–Trinajstić information content (AvgIpc) is 2.75. The van der Waals surface area contributed by atoms with Gasteiger partial charge in [-0.25, -0.2) is 22.0 Å². The second-order valence-electron chi connectivity index (χ2n) is 7.72. The summed E-state index contributed by atoms with van der Waals surface area (Å²) in [6.07, 6.45) is 0. The van der Waals surface area contributed by atoms with Crippen LogP contribution in [0.3, 0.4) is 0 Å². The number of benzene rings is 2. The van der Waals surface area contributed by atoms with Gasteiger partial charge in [0.25, 0.3) is 5.91 Å². The highest BCUT2D eigenvalue weighted by atomic mass is 32.2. The van der Waals surface area contributed by atoms with E-state index in [0.29, 0.717) is 0 Å². The summed E-state index contributed by atoms with van der Waals surface area (Å²) in [7, 11) is -3.94.